The summed E-state index contributed by atoms with van der Waals surface area (Å²) in [6.07, 6.45) is -0.921. The maximum Gasteiger partial charge on any atom is 0.407 e. The molecule has 1 aromatic carbocycles. The fraction of sp³-hybridized carbons (Fsp3) is 0.556. The van der Waals surface area contributed by atoms with E-state index >= 15 is 0 Å². The summed E-state index contributed by atoms with van der Waals surface area (Å²) in [5.41, 5.74) is 3.65. The van der Waals surface area contributed by atoms with E-state index in [0.717, 1.165) is 0 Å². The highest BCUT2D eigenvalue weighted by molar-refractivity contribution is 6.31. The fourth-order valence-corrected chi connectivity index (χ4v) is 6.06. The molecule has 2 unspecified atom stereocenters. The van der Waals surface area contributed by atoms with Crippen LogP contribution in [0, 0.1) is 29.6 Å². The second kappa shape index (κ2) is 10.1. The molecule has 12 heteroatoms. The number of amides is 2. The van der Waals surface area contributed by atoms with E-state index < -0.39 is 76.6 Å². The Morgan fingerprint density at radius 2 is 1.85 bits per heavy atom. The molecule has 0 aromatic heterocycles. The molecular formula is C27H33N3O9. The molecule has 2 saturated carbocycles. The van der Waals surface area contributed by atoms with Crippen molar-refractivity contribution in [1.29, 1.82) is 0 Å². The van der Waals surface area contributed by atoms with Gasteiger partial charge < -0.3 is 30.9 Å². The number of hydrogen-bond acceptors (Lipinski definition) is 10. The minimum absolute atomic E-state index is 0.0136. The summed E-state index contributed by atoms with van der Waals surface area (Å²) in [5.74, 6) is -10.6. The number of primary amides is 1. The normalized spacial score (nSPS) is 27.9. The summed E-state index contributed by atoms with van der Waals surface area (Å²) in [7, 11) is 3.48. The second-order valence-corrected chi connectivity index (χ2v) is 11.2. The van der Waals surface area contributed by atoms with Crippen LogP contribution in [0.3, 0.4) is 0 Å². The monoisotopic (exact) mass is 543 g/mol. The average molecular weight is 544 g/mol. The standard InChI is InChI=1S/C27H33N3O9/c1-11(2)10-39-26(37)29-9-13-7-16(30(3)4)15-6-12-5-14-8-17(31)20(25(28)36)24(35)27(14,38)23(34)18(12)22(33)19(15)21(13)32/h7,11-12,14,18,20,32,38H,5-6,8-10H2,1-4H3,(H2,28,36)(H,29,37)/t12-,14+,18?,20?,27+/m1/s1. The van der Waals surface area contributed by atoms with Crippen molar-refractivity contribution < 1.29 is 43.7 Å². The number of phenols is 1. The molecule has 1 aromatic rings. The third kappa shape index (κ3) is 4.56. The Morgan fingerprint density at radius 3 is 2.44 bits per heavy atom. The van der Waals surface area contributed by atoms with Crippen LogP contribution in [-0.2, 0) is 36.9 Å². The van der Waals surface area contributed by atoms with Crippen molar-refractivity contribution in [2.45, 2.75) is 45.3 Å². The van der Waals surface area contributed by atoms with Gasteiger partial charge in [0, 0.05) is 44.2 Å². The minimum atomic E-state index is -2.71. The number of ketones is 4. The van der Waals surface area contributed by atoms with E-state index in [4.69, 9.17) is 10.5 Å². The van der Waals surface area contributed by atoms with Crippen LogP contribution in [0.2, 0.25) is 0 Å². The van der Waals surface area contributed by atoms with Crippen LogP contribution >= 0.6 is 0 Å². The SMILES string of the molecule is CC(C)COC(=O)NCc1cc(N(C)C)c2c(c1O)C(=O)C1C(=O)[C@]3(O)C(=O)C(C(N)=O)C(=O)C[C@@H]3C[C@@H]1C2. The molecule has 3 aliphatic carbocycles. The molecule has 3 aliphatic rings. The van der Waals surface area contributed by atoms with Gasteiger partial charge in [0.05, 0.1) is 18.1 Å². The Hall–Kier alpha value is -3.80. The molecule has 0 saturated heterocycles. The highest BCUT2D eigenvalue weighted by Gasteiger charge is 2.66. The van der Waals surface area contributed by atoms with Crippen LogP contribution < -0.4 is 16.0 Å². The Morgan fingerprint density at radius 1 is 1.18 bits per heavy atom. The van der Waals surface area contributed by atoms with Crippen LogP contribution in [0.5, 0.6) is 5.75 Å². The van der Waals surface area contributed by atoms with Crippen LogP contribution in [0.4, 0.5) is 10.5 Å². The second-order valence-electron chi connectivity index (χ2n) is 11.2. The lowest BCUT2D eigenvalue weighted by Gasteiger charge is -2.48. The smallest absolute Gasteiger partial charge is 0.407 e. The lowest BCUT2D eigenvalue weighted by molar-refractivity contribution is -0.175. The van der Waals surface area contributed by atoms with Gasteiger partial charge in [0.25, 0.3) is 0 Å². The van der Waals surface area contributed by atoms with Gasteiger partial charge in [0.1, 0.15) is 5.75 Å². The molecular weight excluding hydrogens is 510 g/mol. The predicted molar refractivity (Wildman–Crippen MR) is 136 cm³/mol. The van der Waals surface area contributed by atoms with Gasteiger partial charge in [-0.2, -0.15) is 0 Å². The Labute approximate surface area is 224 Å². The van der Waals surface area contributed by atoms with Crippen molar-refractivity contribution in [2.75, 3.05) is 25.6 Å². The summed E-state index contributed by atoms with van der Waals surface area (Å²) in [5, 5.41) is 25.0. The first-order chi connectivity index (χ1) is 18.2. The number of carbonyl (C=O) groups excluding carboxylic acids is 6. The van der Waals surface area contributed by atoms with Gasteiger partial charge in [-0.3, -0.25) is 24.0 Å². The maximum absolute atomic E-state index is 13.8. The number of nitrogens with zero attached hydrogens (tertiary/aromatic N) is 1. The third-order valence-corrected chi connectivity index (χ3v) is 7.91. The number of aliphatic hydroxyl groups is 1. The molecule has 2 fully saturated rings. The fourth-order valence-electron chi connectivity index (χ4n) is 6.06. The van der Waals surface area contributed by atoms with E-state index in [-0.39, 0.29) is 43.0 Å². The van der Waals surface area contributed by atoms with Gasteiger partial charge in [-0.05, 0) is 36.3 Å². The van der Waals surface area contributed by atoms with Gasteiger partial charge in [0.15, 0.2) is 34.7 Å². The molecule has 39 heavy (non-hydrogen) atoms. The zero-order valence-corrected chi connectivity index (χ0v) is 22.3. The van der Waals surface area contributed by atoms with E-state index in [9.17, 15) is 39.0 Å². The molecule has 5 atom stereocenters. The van der Waals surface area contributed by atoms with E-state index in [1.165, 1.54) is 0 Å². The number of fused-ring (bicyclic) bond motifs is 3. The number of alkyl carbamates (subject to hydrolysis) is 1. The third-order valence-electron chi connectivity index (χ3n) is 7.91. The first-order valence-electron chi connectivity index (χ1n) is 12.8. The molecule has 210 valence electrons. The summed E-state index contributed by atoms with van der Waals surface area (Å²) >= 11 is 0. The maximum atomic E-state index is 13.8. The van der Waals surface area contributed by atoms with E-state index in [1.54, 1.807) is 25.1 Å². The molecule has 0 bridgehead atoms. The number of benzene rings is 1. The molecule has 0 heterocycles. The molecule has 2 amide bonds. The largest absolute Gasteiger partial charge is 0.507 e. The summed E-state index contributed by atoms with van der Waals surface area (Å²) < 4.78 is 5.10. The number of Topliss-reactive ketones (excluding diaryl/α,β-unsaturated/α-hetero) is 4. The molecule has 0 radical (unpaired) electrons. The summed E-state index contributed by atoms with van der Waals surface area (Å²) in [6.45, 7) is 3.78. The number of anilines is 1. The van der Waals surface area contributed by atoms with Crippen molar-refractivity contribution in [2.24, 2.45) is 35.3 Å². The van der Waals surface area contributed by atoms with Crippen molar-refractivity contribution in [1.82, 2.24) is 5.32 Å². The van der Waals surface area contributed by atoms with Gasteiger partial charge in [-0.25, -0.2) is 4.79 Å². The van der Waals surface area contributed by atoms with Crippen LogP contribution in [0.15, 0.2) is 6.07 Å². The lowest BCUT2D eigenvalue weighted by Crippen LogP contribution is -2.68. The number of carbonyl (C=O) groups is 6. The summed E-state index contributed by atoms with van der Waals surface area (Å²) in [4.78, 5) is 78.7. The van der Waals surface area contributed by atoms with Crippen LogP contribution in [0.1, 0.15) is 48.2 Å². The highest BCUT2D eigenvalue weighted by atomic mass is 16.5. The quantitative estimate of drug-likeness (QED) is 0.362. The van der Waals surface area contributed by atoms with Gasteiger partial charge >= 0.3 is 6.09 Å². The van der Waals surface area contributed by atoms with Gasteiger partial charge in [-0.15, -0.1) is 0 Å². The highest BCUT2D eigenvalue weighted by Crippen LogP contribution is 2.51. The van der Waals surface area contributed by atoms with Crippen molar-refractivity contribution in [3.63, 3.8) is 0 Å². The first kappa shape index (κ1) is 28.2. The van der Waals surface area contributed by atoms with Gasteiger partial charge in [-0.1, -0.05) is 13.8 Å². The zero-order chi connectivity index (χ0) is 29.0. The van der Waals surface area contributed by atoms with Crippen LogP contribution in [-0.4, -0.2) is 71.6 Å². The summed E-state index contributed by atoms with van der Waals surface area (Å²) in [6, 6.07) is 1.64. The zero-order valence-electron chi connectivity index (χ0n) is 22.3. The number of ether oxygens (including phenoxy) is 1. The van der Waals surface area contributed by atoms with Crippen LogP contribution in [0.25, 0.3) is 0 Å². The Kier molecular flexibility index (Phi) is 7.28. The Bertz CT molecular complexity index is 1290. The topological polar surface area (TPSA) is 193 Å². The molecule has 5 N–H and O–H groups in total. The number of nitrogens with two attached hydrogens (primary N) is 1. The van der Waals surface area contributed by atoms with Gasteiger partial charge in [0.2, 0.25) is 5.91 Å². The van der Waals surface area contributed by atoms with Crippen molar-refractivity contribution >= 4 is 40.8 Å². The molecule has 0 aliphatic heterocycles. The molecule has 0 spiro atoms. The Balaban J connectivity index is 1.72. The molecule has 4 rings (SSSR count). The van der Waals surface area contributed by atoms with E-state index in [2.05, 4.69) is 5.32 Å². The lowest BCUT2D eigenvalue weighted by atomic mass is 9.53. The number of rotatable bonds is 6. The number of phenolic OH excluding ortho intramolecular Hbond substituents is 1. The van der Waals surface area contributed by atoms with Crippen molar-refractivity contribution in [3.8, 4) is 5.75 Å². The van der Waals surface area contributed by atoms with Crippen molar-refractivity contribution in [3.05, 3.63) is 22.8 Å². The average Bonchev–Trinajstić information content (AvgIpc) is 2.84. The van der Waals surface area contributed by atoms with E-state index in [0.29, 0.717) is 11.3 Å². The minimum Gasteiger partial charge on any atom is -0.507 e. The molecule has 12 nitrogen and oxygen atoms in total. The van der Waals surface area contributed by atoms with E-state index in [1.807, 2.05) is 13.8 Å². The number of nitrogens with one attached hydrogen (secondary N) is 1. The predicted octanol–water partition coefficient (Wildman–Crippen LogP) is 0.275. The number of aromatic hydroxyl groups is 1. The first-order valence-corrected chi connectivity index (χ1v) is 12.8. The number of hydrogen-bond donors (Lipinski definition) is 4.